The standard InChI is InChI=1S/C14H30N2O/c1-8-14(4,5)13(17)15-10-9-11-16(6,7)12(2)3/h12H,8-11H2,1-7H3/p+1. The first-order valence-electron chi connectivity index (χ1n) is 6.74. The molecule has 0 aliphatic rings. The number of nitrogens with one attached hydrogen (secondary N) is 1. The van der Waals surface area contributed by atoms with Crippen molar-refractivity contribution in [3.8, 4) is 0 Å². The average molecular weight is 243 g/mol. The van der Waals surface area contributed by atoms with Gasteiger partial charge >= 0.3 is 0 Å². The molecule has 0 atom stereocenters. The molecule has 0 rings (SSSR count). The van der Waals surface area contributed by atoms with Crippen LogP contribution in [0.4, 0.5) is 0 Å². The van der Waals surface area contributed by atoms with E-state index in [1.807, 2.05) is 13.8 Å². The number of quaternary nitrogens is 1. The van der Waals surface area contributed by atoms with Gasteiger partial charge in [0.1, 0.15) is 0 Å². The van der Waals surface area contributed by atoms with Gasteiger partial charge in [-0.1, -0.05) is 20.8 Å². The summed E-state index contributed by atoms with van der Waals surface area (Å²) in [6.45, 7) is 12.4. The summed E-state index contributed by atoms with van der Waals surface area (Å²) >= 11 is 0. The van der Waals surface area contributed by atoms with Gasteiger partial charge in [0, 0.05) is 18.4 Å². The molecule has 0 radical (unpaired) electrons. The van der Waals surface area contributed by atoms with Gasteiger partial charge in [-0.2, -0.15) is 0 Å². The van der Waals surface area contributed by atoms with Crippen LogP contribution in [0.3, 0.4) is 0 Å². The first-order chi connectivity index (χ1) is 7.63. The Hall–Kier alpha value is -0.570. The third-order valence-corrected chi connectivity index (χ3v) is 4.09. The summed E-state index contributed by atoms with van der Waals surface area (Å²) in [6, 6.07) is 0.623. The molecule has 0 aromatic rings. The lowest BCUT2D eigenvalue weighted by atomic mass is 9.89. The molecule has 17 heavy (non-hydrogen) atoms. The average Bonchev–Trinajstić information content (AvgIpc) is 2.23. The van der Waals surface area contributed by atoms with Crippen LogP contribution in [-0.4, -0.2) is 43.6 Å². The highest BCUT2D eigenvalue weighted by atomic mass is 16.2. The van der Waals surface area contributed by atoms with Crippen LogP contribution in [0.1, 0.15) is 47.5 Å². The monoisotopic (exact) mass is 243 g/mol. The van der Waals surface area contributed by atoms with E-state index >= 15 is 0 Å². The molecule has 1 amide bonds. The second kappa shape index (κ2) is 6.39. The SMILES string of the molecule is CCC(C)(C)C(=O)NCCC[N+](C)(C)C(C)C. The van der Waals surface area contributed by atoms with Gasteiger partial charge in [0.15, 0.2) is 0 Å². The molecule has 0 fully saturated rings. The number of hydrogen-bond acceptors (Lipinski definition) is 1. The van der Waals surface area contributed by atoms with Gasteiger partial charge in [0.05, 0.1) is 26.7 Å². The molecule has 0 unspecified atom stereocenters. The number of carbonyl (C=O) groups excluding carboxylic acids is 1. The van der Waals surface area contributed by atoms with Crippen LogP contribution in [0, 0.1) is 5.41 Å². The quantitative estimate of drug-likeness (QED) is 0.540. The Balaban J connectivity index is 3.91. The van der Waals surface area contributed by atoms with Gasteiger partial charge in [0.25, 0.3) is 0 Å². The van der Waals surface area contributed by atoms with Crippen molar-refractivity contribution < 1.29 is 9.28 Å². The molecule has 0 aliphatic heterocycles. The maximum Gasteiger partial charge on any atom is 0.225 e. The van der Waals surface area contributed by atoms with Crippen LogP contribution in [0.5, 0.6) is 0 Å². The van der Waals surface area contributed by atoms with E-state index in [9.17, 15) is 4.79 Å². The Kier molecular flexibility index (Phi) is 6.17. The van der Waals surface area contributed by atoms with Crippen LogP contribution in [0.15, 0.2) is 0 Å². The Labute approximate surface area is 107 Å². The second-order valence-electron chi connectivity index (χ2n) is 6.44. The second-order valence-corrected chi connectivity index (χ2v) is 6.44. The lowest BCUT2D eigenvalue weighted by Crippen LogP contribution is -2.47. The molecule has 0 aliphatic carbocycles. The van der Waals surface area contributed by atoms with Crippen molar-refractivity contribution in [2.24, 2.45) is 5.41 Å². The minimum absolute atomic E-state index is 0.176. The van der Waals surface area contributed by atoms with Crippen molar-refractivity contribution >= 4 is 5.91 Å². The number of hydrogen-bond donors (Lipinski definition) is 1. The van der Waals surface area contributed by atoms with E-state index in [2.05, 4.69) is 40.2 Å². The van der Waals surface area contributed by atoms with Crippen molar-refractivity contribution in [3.63, 3.8) is 0 Å². The molecular weight excluding hydrogens is 212 g/mol. The normalized spacial score (nSPS) is 12.9. The minimum atomic E-state index is -0.234. The van der Waals surface area contributed by atoms with Gasteiger partial charge in [-0.05, 0) is 20.3 Å². The molecule has 3 heteroatoms. The van der Waals surface area contributed by atoms with E-state index in [0.29, 0.717) is 6.04 Å². The summed E-state index contributed by atoms with van der Waals surface area (Å²) in [7, 11) is 4.48. The summed E-state index contributed by atoms with van der Waals surface area (Å²) in [5.74, 6) is 0.176. The molecule has 0 spiro atoms. The zero-order valence-corrected chi connectivity index (χ0v) is 12.8. The van der Waals surface area contributed by atoms with Crippen molar-refractivity contribution in [2.75, 3.05) is 27.2 Å². The molecule has 1 N–H and O–H groups in total. The Morgan fingerprint density at radius 2 is 1.82 bits per heavy atom. The van der Waals surface area contributed by atoms with Crippen molar-refractivity contribution in [1.82, 2.24) is 5.32 Å². The summed E-state index contributed by atoms with van der Waals surface area (Å²) in [5, 5.41) is 3.04. The summed E-state index contributed by atoms with van der Waals surface area (Å²) in [5.41, 5.74) is -0.234. The number of rotatable bonds is 7. The Bertz CT molecular complexity index is 245. The predicted octanol–water partition coefficient (Wildman–Crippen LogP) is 2.41. The summed E-state index contributed by atoms with van der Waals surface area (Å²) < 4.78 is 1.01. The van der Waals surface area contributed by atoms with Crippen LogP contribution in [0.2, 0.25) is 0 Å². The fourth-order valence-electron chi connectivity index (χ4n) is 1.35. The van der Waals surface area contributed by atoms with Crippen LogP contribution < -0.4 is 5.32 Å². The van der Waals surface area contributed by atoms with E-state index in [1.54, 1.807) is 0 Å². The van der Waals surface area contributed by atoms with E-state index < -0.39 is 0 Å². The summed E-state index contributed by atoms with van der Waals surface area (Å²) in [4.78, 5) is 11.8. The van der Waals surface area contributed by atoms with Crippen LogP contribution in [0.25, 0.3) is 0 Å². The topological polar surface area (TPSA) is 29.1 Å². The highest BCUT2D eigenvalue weighted by Gasteiger charge is 2.25. The van der Waals surface area contributed by atoms with E-state index in [1.165, 1.54) is 0 Å². The maximum absolute atomic E-state index is 11.8. The summed E-state index contributed by atoms with van der Waals surface area (Å²) in [6.07, 6.45) is 1.92. The van der Waals surface area contributed by atoms with Crippen molar-refractivity contribution in [3.05, 3.63) is 0 Å². The van der Waals surface area contributed by atoms with E-state index in [4.69, 9.17) is 0 Å². The number of nitrogens with zero attached hydrogens (tertiary/aromatic N) is 1. The lowest BCUT2D eigenvalue weighted by Gasteiger charge is -2.34. The molecule has 0 aromatic heterocycles. The Morgan fingerprint density at radius 3 is 2.24 bits per heavy atom. The number of amides is 1. The molecule has 0 heterocycles. The van der Waals surface area contributed by atoms with Gasteiger partial charge < -0.3 is 9.80 Å². The van der Waals surface area contributed by atoms with Gasteiger partial charge in [0.2, 0.25) is 5.91 Å². The third kappa shape index (κ3) is 5.53. The first-order valence-corrected chi connectivity index (χ1v) is 6.74. The van der Waals surface area contributed by atoms with Crippen molar-refractivity contribution in [1.29, 1.82) is 0 Å². The highest BCUT2D eigenvalue weighted by Crippen LogP contribution is 2.19. The third-order valence-electron chi connectivity index (χ3n) is 4.09. The van der Waals surface area contributed by atoms with Gasteiger partial charge in [-0.15, -0.1) is 0 Å². The lowest BCUT2D eigenvalue weighted by molar-refractivity contribution is -0.911. The molecular formula is C14H31N2O+. The molecule has 0 saturated heterocycles. The fraction of sp³-hybridized carbons (Fsp3) is 0.929. The predicted molar refractivity (Wildman–Crippen MR) is 73.8 cm³/mol. The minimum Gasteiger partial charge on any atom is -0.355 e. The molecule has 0 bridgehead atoms. The van der Waals surface area contributed by atoms with Gasteiger partial charge in [-0.25, -0.2) is 0 Å². The van der Waals surface area contributed by atoms with Crippen LogP contribution in [-0.2, 0) is 4.79 Å². The van der Waals surface area contributed by atoms with E-state index in [0.717, 1.165) is 30.4 Å². The van der Waals surface area contributed by atoms with E-state index in [-0.39, 0.29) is 11.3 Å². The molecule has 0 aromatic carbocycles. The van der Waals surface area contributed by atoms with Gasteiger partial charge in [-0.3, -0.25) is 4.79 Å². The van der Waals surface area contributed by atoms with Crippen molar-refractivity contribution in [2.45, 2.75) is 53.5 Å². The Morgan fingerprint density at radius 1 is 1.29 bits per heavy atom. The van der Waals surface area contributed by atoms with Crippen LogP contribution >= 0.6 is 0 Å². The highest BCUT2D eigenvalue weighted by molar-refractivity contribution is 5.81. The first kappa shape index (κ1) is 16.4. The largest absolute Gasteiger partial charge is 0.355 e. The molecule has 0 saturated carbocycles. The molecule has 102 valence electrons. The zero-order chi connectivity index (χ0) is 13.7. The molecule has 3 nitrogen and oxygen atoms in total. The number of carbonyl (C=O) groups is 1. The fourth-order valence-corrected chi connectivity index (χ4v) is 1.35. The smallest absolute Gasteiger partial charge is 0.225 e. The maximum atomic E-state index is 11.8. The zero-order valence-electron chi connectivity index (χ0n) is 12.8.